The van der Waals surface area contributed by atoms with Crippen LogP contribution in [0.3, 0.4) is 0 Å². The number of aromatic nitrogens is 3. The normalized spacial score (nSPS) is 11.8. The summed E-state index contributed by atoms with van der Waals surface area (Å²) in [6.07, 6.45) is 7.72. The van der Waals surface area contributed by atoms with Crippen molar-refractivity contribution in [3.63, 3.8) is 0 Å². The maximum Gasteiger partial charge on any atom is 0.164 e. The lowest BCUT2D eigenvalue weighted by Gasteiger charge is -2.10. The van der Waals surface area contributed by atoms with Crippen molar-refractivity contribution >= 4 is 37.1 Å². The molecule has 0 spiro atoms. The van der Waals surface area contributed by atoms with Gasteiger partial charge in [0.25, 0.3) is 0 Å². The Kier molecular flexibility index (Phi) is 8.52. The van der Waals surface area contributed by atoms with Gasteiger partial charge in [-0.05, 0) is 46.4 Å². The summed E-state index contributed by atoms with van der Waals surface area (Å²) < 4.78 is 2.55. The van der Waals surface area contributed by atoms with Crippen LogP contribution in [-0.4, -0.2) is 15.0 Å². The predicted octanol–water partition coefficient (Wildman–Crippen LogP) is 12.7. The van der Waals surface area contributed by atoms with Gasteiger partial charge in [0, 0.05) is 36.9 Å². The Morgan fingerprint density at radius 1 is 0.520 bits per heavy atom. The molecule has 0 unspecified atom stereocenters. The second kappa shape index (κ2) is 13.7. The molecule has 0 fully saturated rings. The molecule has 3 nitrogen and oxygen atoms in total. The van der Waals surface area contributed by atoms with E-state index in [2.05, 4.69) is 122 Å². The Balaban J connectivity index is 1.23. The van der Waals surface area contributed by atoms with E-state index in [1.807, 2.05) is 66.8 Å². The topological polar surface area (TPSA) is 38.7 Å². The molecule has 238 valence electrons. The molecule has 0 bridgehead atoms. The number of fused-ring (bicyclic) bond motifs is 3. The van der Waals surface area contributed by atoms with Gasteiger partial charge in [-0.25, -0.2) is 15.0 Å². The largest absolute Gasteiger partial charge is 0.208 e. The van der Waals surface area contributed by atoms with Gasteiger partial charge in [-0.15, -0.1) is 11.3 Å². The zero-order valence-electron chi connectivity index (χ0n) is 27.6. The van der Waals surface area contributed by atoms with E-state index in [0.717, 1.165) is 22.3 Å². The number of thiophene rings is 1. The highest BCUT2D eigenvalue weighted by Crippen LogP contribution is 2.44. The van der Waals surface area contributed by atoms with E-state index in [-0.39, 0.29) is 0 Å². The quantitative estimate of drug-likeness (QED) is 0.152. The summed E-state index contributed by atoms with van der Waals surface area (Å²) in [4.78, 5) is 14.8. The van der Waals surface area contributed by atoms with Crippen LogP contribution in [0.5, 0.6) is 0 Å². The minimum absolute atomic E-state index is 0.586. The SMILES string of the molecule is C=C/C(=C\C=C/C)c1nc(-c2ccccc2)nc(-c2cccc(-c3cccc4c3sc3c(-c5ccc(-c6ccccc6)cc5)cccc34)c2)n1. The fraction of sp³-hybridized carbons (Fsp3) is 0.0217. The summed E-state index contributed by atoms with van der Waals surface area (Å²) >= 11 is 1.86. The third-order valence-corrected chi connectivity index (χ3v) is 10.2. The molecule has 2 heterocycles. The van der Waals surface area contributed by atoms with Gasteiger partial charge in [-0.1, -0.05) is 170 Å². The molecule has 8 rings (SSSR count). The van der Waals surface area contributed by atoms with Crippen molar-refractivity contribution in [2.75, 3.05) is 0 Å². The lowest BCUT2D eigenvalue weighted by molar-refractivity contribution is 1.04. The summed E-state index contributed by atoms with van der Waals surface area (Å²) in [7, 11) is 0. The first-order valence-corrected chi connectivity index (χ1v) is 17.5. The second-order valence-electron chi connectivity index (χ2n) is 12.0. The smallest absolute Gasteiger partial charge is 0.164 e. The summed E-state index contributed by atoms with van der Waals surface area (Å²) in [5, 5.41) is 2.53. The molecule has 0 amide bonds. The summed E-state index contributed by atoms with van der Waals surface area (Å²) in [5.74, 6) is 1.83. The molecule has 6 aromatic carbocycles. The van der Waals surface area contributed by atoms with Crippen LogP contribution in [0.2, 0.25) is 0 Å². The molecule has 0 N–H and O–H groups in total. The second-order valence-corrected chi connectivity index (χ2v) is 13.0. The lowest BCUT2D eigenvalue weighted by atomic mass is 9.98. The third-order valence-electron chi connectivity index (χ3n) is 8.87. The lowest BCUT2D eigenvalue weighted by Crippen LogP contribution is -2.02. The average molecular weight is 660 g/mol. The van der Waals surface area contributed by atoms with Crippen LogP contribution in [0.15, 0.2) is 176 Å². The van der Waals surface area contributed by atoms with Crippen LogP contribution in [-0.2, 0) is 0 Å². The van der Waals surface area contributed by atoms with Gasteiger partial charge in [0.1, 0.15) is 0 Å². The standard InChI is InChI=1S/C46H33N3S/c1-3-5-15-31(4-2)44-47-45(35-18-10-7-11-19-35)49-46(48-44)37-21-12-20-36(30-37)39-23-14-25-41-40-24-13-22-38(42(40)50-43(39)41)34-28-26-33(27-29-34)32-16-8-6-9-17-32/h3-30H,2H2,1H3/b5-3-,31-15+. The molecule has 50 heavy (non-hydrogen) atoms. The first kappa shape index (κ1) is 31.1. The van der Waals surface area contributed by atoms with Crippen molar-refractivity contribution in [1.29, 1.82) is 0 Å². The molecule has 4 heteroatoms. The molecule has 0 saturated carbocycles. The number of rotatable bonds is 8. The van der Waals surface area contributed by atoms with Gasteiger partial charge in [0.05, 0.1) is 0 Å². The highest BCUT2D eigenvalue weighted by Gasteiger charge is 2.16. The van der Waals surface area contributed by atoms with Crippen LogP contribution in [0, 0.1) is 0 Å². The number of benzene rings is 6. The zero-order valence-corrected chi connectivity index (χ0v) is 28.4. The Hall–Kier alpha value is -6.23. The molecule has 8 aromatic rings. The van der Waals surface area contributed by atoms with E-state index in [1.165, 1.54) is 48.0 Å². The van der Waals surface area contributed by atoms with Gasteiger partial charge in [-0.2, -0.15) is 0 Å². The molecule has 0 atom stereocenters. The monoisotopic (exact) mass is 659 g/mol. The van der Waals surface area contributed by atoms with Crippen LogP contribution in [0.25, 0.3) is 81.9 Å². The van der Waals surface area contributed by atoms with Crippen molar-refractivity contribution in [1.82, 2.24) is 15.0 Å². The van der Waals surface area contributed by atoms with E-state index in [1.54, 1.807) is 6.08 Å². The molecule has 0 radical (unpaired) electrons. The van der Waals surface area contributed by atoms with Gasteiger partial charge in [0.15, 0.2) is 17.5 Å². The highest BCUT2D eigenvalue weighted by molar-refractivity contribution is 7.26. The predicted molar refractivity (Wildman–Crippen MR) is 213 cm³/mol. The van der Waals surface area contributed by atoms with E-state index in [0.29, 0.717) is 17.5 Å². The van der Waals surface area contributed by atoms with E-state index in [9.17, 15) is 0 Å². The minimum atomic E-state index is 0.586. The summed E-state index contributed by atoms with van der Waals surface area (Å²) in [5.41, 5.74) is 9.90. The van der Waals surface area contributed by atoms with Gasteiger partial charge < -0.3 is 0 Å². The Bertz CT molecular complexity index is 2540. The molecular formula is C46H33N3S. The number of nitrogens with zero attached hydrogens (tertiary/aromatic N) is 3. The zero-order chi connectivity index (χ0) is 33.9. The van der Waals surface area contributed by atoms with Crippen molar-refractivity contribution in [3.05, 3.63) is 182 Å². The van der Waals surface area contributed by atoms with Crippen molar-refractivity contribution < 1.29 is 0 Å². The Morgan fingerprint density at radius 2 is 1.04 bits per heavy atom. The van der Waals surface area contributed by atoms with Crippen molar-refractivity contribution in [2.24, 2.45) is 0 Å². The number of allylic oxidation sites excluding steroid dienone is 5. The first-order chi connectivity index (χ1) is 24.7. The third kappa shape index (κ3) is 5.98. The van der Waals surface area contributed by atoms with E-state index >= 15 is 0 Å². The molecule has 0 aliphatic carbocycles. The van der Waals surface area contributed by atoms with E-state index in [4.69, 9.17) is 15.0 Å². The first-order valence-electron chi connectivity index (χ1n) is 16.7. The Morgan fingerprint density at radius 3 is 1.68 bits per heavy atom. The van der Waals surface area contributed by atoms with Gasteiger partial charge in [0.2, 0.25) is 0 Å². The van der Waals surface area contributed by atoms with Crippen LogP contribution < -0.4 is 0 Å². The fourth-order valence-electron chi connectivity index (χ4n) is 6.36. The number of hydrogen-bond acceptors (Lipinski definition) is 4. The fourth-order valence-corrected chi connectivity index (χ4v) is 7.73. The Labute approximate surface area is 296 Å². The average Bonchev–Trinajstić information content (AvgIpc) is 3.58. The van der Waals surface area contributed by atoms with Gasteiger partial charge >= 0.3 is 0 Å². The maximum atomic E-state index is 4.97. The van der Waals surface area contributed by atoms with Crippen LogP contribution >= 0.6 is 11.3 Å². The molecule has 0 aliphatic heterocycles. The number of hydrogen-bond donors (Lipinski definition) is 0. The van der Waals surface area contributed by atoms with Gasteiger partial charge in [-0.3, -0.25) is 0 Å². The van der Waals surface area contributed by atoms with Crippen molar-refractivity contribution in [3.8, 4) is 56.2 Å². The maximum absolute atomic E-state index is 4.97. The summed E-state index contributed by atoms with van der Waals surface area (Å²) in [6, 6.07) is 51.3. The molecule has 2 aromatic heterocycles. The summed E-state index contributed by atoms with van der Waals surface area (Å²) in [6.45, 7) is 6.02. The van der Waals surface area contributed by atoms with Crippen LogP contribution in [0.1, 0.15) is 12.7 Å². The molecule has 0 aliphatic rings. The minimum Gasteiger partial charge on any atom is -0.208 e. The molecule has 0 saturated heterocycles. The highest BCUT2D eigenvalue weighted by atomic mass is 32.1. The van der Waals surface area contributed by atoms with Crippen LogP contribution in [0.4, 0.5) is 0 Å². The van der Waals surface area contributed by atoms with Crippen molar-refractivity contribution in [2.45, 2.75) is 6.92 Å². The molecular weight excluding hydrogens is 627 g/mol. The van der Waals surface area contributed by atoms with E-state index < -0.39 is 0 Å².